The number of fused-ring (bicyclic) bond motifs is 1. The lowest BCUT2D eigenvalue weighted by atomic mass is 9.86. The Bertz CT molecular complexity index is 1040. The molecule has 1 atom stereocenters. The van der Waals surface area contributed by atoms with Gasteiger partial charge in [-0.3, -0.25) is 9.48 Å². The highest BCUT2D eigenvalue weighted by Crippen LogP contribution is 2.30. The molecule has 1 amide bonds. The van der Waals surface area contributed by atoms with E-state index in [1.54, 1.807) is 0 Å². The Morgan fingerprint density at radius 1 is 1.13 bits per heavy atom. The number of benzene rings is 2. The average Bonchev–Trinajstić information content (AvgIpc) is 3.18. The normalized spacial score (nSPS) is 16.2. The van der Waals surface area contributed by atoms with E-state index >= 15 is 0 Å². The number of aryl methyl sites for hydroxylation is 2. The lowest BCUT2D eigenvalue weighted by molar-refractivity contribution is 0.0927. The van der Waals surface area contributed by atoms with Crippen molar-refractivity contribution >= 4 is 5.91 Å². The van der Waals surface area contributed by atoms with Crippen LogP contribution in [0, 0.1) is 0 Å². The van der Waals surface area contributed by atoms with Crippen LogP contribution in [0.5, 0.6) is 0 Å². The molecule has 1 N–H and O–H groups in total. The van der Waals surface area contributed by atoms with Crippen molar-refractivity contribution in [1.82, 2.24) is 15.1 Å². The Kier molecular flexibility index (Phi) is 5.50. The highest BCUT2D eigenvalue weighted by atomic mass is 16.2. The highest BCUT2D eigenvalue weighted by Gasteiger charge is 2.24. The molecule has 0 bridgehead atoms. The van der Waals surface area contributed by atoms with Gasteiger partial charge in [0.1, 0.15) is 0 Å². The summed E-state index contributed by atoms with van der Waals surface area (Å²) in [5, 5.41) is 7.82. The number of carbonyl (C=O) groups is 1. The van der Waals surface area contributed by atoms with E-state index in [1.807, 2.05) is 10.7 Å². The van der Waals surface area contributed by atoms with Crippen LogP contribution in [-0.2, 0) is 18.4 Å². The Balaban J connectivity index is 1.58. The molecule has 0 fully saturated rings. The lowest BCUT2D eigenvalue weighted by Gasteiger charge is -2.26. The van der Waals surface area contributed by atoms with Crippen molar-refractivity contribution in [1.29, 1.82) is 0 Å². The van der Waals surface area contributed by atoms with Gasteiger partial charge in [-0.25, -0.2) is 0 Å². The Labute approximate surface area is 179 Å². The van der Waals surface area contributed by atoms with Crippen molar-refractivity contribution in [2.75, 3.05) is 0 Å². The number of hydrogen-bond donors (Lipinski definition) is 1. The van der Waals surface area contributed by atoms with Crippen molar-refractivity contribution < 1.29 is 4.79 Å². The molecule has 0 aliphatic heterocycles. The molecule has 2 aromatic carbocycles. The average molecular weight is 402 g/mol. The number of nitrogens with one attached hydrogen (secondary N) is 1. The lowest BCUT2D eigenvalue weighted by Crippen LogP contribution is -2.31. The molecule has 0 saturated carbocycles. The monoisotopic (exact) mass is 401 g/mol. The molecule has 30 heavy (non-hydrogen) atoms. The third-order valence-electron chi connectivity index (χ3n) is 6.03. The first kappa shape index (κ1) is 20.4. The van der Waals surface area contributed by atoms with Crippen LogP contribution >= 0.6 is 0 Å². The van der Waals surface area contributed by atoms with Crippen molar-refractivity contribution in [2.45, 2.75) is 65.0 Å². The zero-order valence-corrected chi connectivity index (χ0v) is 18.4. The van der Waals surface area contributed by atoms with Gasteiger partial charge in [0.2, 0.25) is 0 Å². The van der Waals surface area contributed by atoms with Crippen LogP contribution in [0.1, 0.15) is 73.8 Å². The topological polar surface area (TPSA) is 46.9 Å². The molecule has 4 nitrogen and oxygen atoms in total. The van der Waals surface area contributed by atoms with Crippen LogP contribution in [0.15, 0.2) is 54.6 Å². The van der Waals surface area contributed by atoms with E-state index in [-0.39, 0.29) is 17.4 Å². The van der Waals surface area contributed by atoms with Gasteiger partial charge in [0.25, 0.3) is 5.91 Å². The first-order chi connectivity index (χ1) is 14.4. The summed E-state index contributed by atoms with van der Waals surface area (Å²) >= 11 is 0. The molecule has 4 heteroatoms. The largest absolute Gasteiger partial charge is 0.344 e. The van der Waals surface area contributed by atoms with Gasteiger partial charge >= 0.3 is 0 Å². The SMILES string of the molecule is CCn1nc(C(=O)N[C@@H]2CCCc3ccccc32)cc1-c1ccc(C(C)(C)C)cc1. The fourth-order valence-electron chi connectivity index (χ4n) is 4.28. The summed E-state index contributed by atoms with van der Waals surface area (Å²) in [5.74, 6) is -0.100. The van der Waals surface area contributed by atoms with Gasteiger partial charge < -0.3 is 5.32 Å². The van der Waals surface area contributed by atoms with E-state index in [0.717, 1.165) is 37.1 Å². The van der Waals surface area contributed by atoms with Gasteiger partial charge in [-0.2, -0.15) is 5.10 Å². The van der Waals surface area contributed by atoms with Crippen molar-refractivity contribution in [2.24, 2.45) is 0 Å². The molecule has 1 aromatic heterocycles. The molecule has 1 aliphatic rings. The van der Waals surface area contributed by atoms with Gasteiger partial charge in [-0.05, 0) is 59.9 Å². The predicted molar refractivity (Wildman–Crippen MR) is 122 cm³/mol. The molecule has 0 spiro atoms. The van der Waals surface area contributed by atoms with E-state index in [2.05, 4.69) is 86.6 Å². The van der Waals surface area contributed by atoms with Gasteiger partial charge in [-0.1, -0.05) is 69.3 Å². The number of hydrogen-bond acceptors (Lipinski definition) is 2. The summed E-state index contributed by atoms with van der Waals surface area (Å²) in [5.41, 5.74) is 6.53. The van der Waals surface area contributed by atoms with E-state index in [9.17, 15) is 4.79 Å². The first-order valence-corrected chi connectivity index (χ1v) is 10.9. The number of amides is 1. The van der Waals surface area contributed by atoms with Crippen LogP contribution in [0.4, 0.5) is 0 Å². The van der Waals surface area contributed by atoms with Crippen molar-refractivity contribution in [3.05, 3.63) is 77.0 Å². The minimum Gasteiger partial charge on any atom is -0.344 e. The maximum absolute atomic E-state index is 13.0. The standard InChI is InChI=1S/C26H31N3O/c1-5-29-24(19-13-15-20(16-14-19)26(2,3)4)17-23(28-29)25(30)27-22-12-8-10-18-9-6-7-11-21(18)22/h6-7,9,11,13-17,22H,5,8,10,12H2,1-4H3,(H,27,30)/t22-/m1/s1. The summed E-state index contributed by atoms with van der Waals surface area (Å²) in [6.45, 7) is 9.41. The predicted octanol–water partition coefficient (Wildman–Crippen LogP) is 5.67. The third kappa shape index (κ3) is 4.04. The van der Waals surface area contributed by atoms with Crippen LogP contribution in [-0.4, -0.2) is 15.7 Å². The van der Waals surface area contributed by atoms with E-state index < -0.39 is 0 Å². The van der Waals surface area contributed by atoms with Crippen molar-refractivity contribution in [3.8, 4) is 11.3 Å². The molecule has 0 radical (unpaired) electrons. The molecule has 3 aromatic rings. The Morgan fingerprint density at radius 3 is 2.57 bits per heavy atom. The van der Waals surface area contributed by atoms with E-state index in [0.29, 0.717) is 5.69 Å². The number of rotatable bonds is 4. The minimum absolute atomic E-state index is 0.0590. The molecule has 1 heterocycles. The van der Waals surface area contributed by atoms with Crippen LogP contribution in [0.2, 0.25) is 0 Å². The number of aromatic nitrogens is 2. The molecular weight excluding hydrogens is 370 g/mol. The summed E-state index contributed by atoms with van der Waals surface area (Å²) in [7, 11) is 0. The maximum atomic E-state index is 13.0. The zero-order chi connectivity index (χ0) is 21.3. The first-order valence-electron chi connectivity index (χ1n) is 10.9. The van der Waals surface area contributed by atoms with Gasteiger partial charge in [0.05, 0.1) is 11.7 Å². The van der Waals surface area contributed by atoms with E-state index in [4.69, 9.17) is 0 Å². The van der Waals surface area contributed by atoms with Gasteiger partial charge in [-0.15, -0.1) is 0 Å². The molecule has 1 aliphatic carbocycles. The van der Waals surface area contributed by atoms with Crippen LogP contribution in [0.25, 0.3) is 11.3 Å². The maximum Gasteiger partial charge on any atom is 0.272 e. The summed E-state index contributed by atoms with van der Waals surface area (Å²) in [6, 6.07) is 19.0. The summed E-state index contributed by atoms with van der Waals surface area (Å²) in [6.07, 6.45) is 3.15. The molecule has 156 valence electrons. The molecule has 0 unspecified atom stereocenters. The molecule has 0 saturated heterocycles. The fraction of sp³-hybridized carbons (Fsp3) is 0.385. The zero-order valence-electron chi connectivity index (χ0n) is 18.4. The Hall–Kier alpha value is -2.88. The summed E-state index contributed by atoms with van der Waals surface area (Å²) < 4.78 is 1.91. The second kappa shape index (κ2) is 8.10. The minimum atomic E-state index is -0.100. The fourth-order valence-corrected chi connectivity index (χ4v) is 4.28. The van der Waals surface area contributed by atoms with Crippen LogP contribution in [0.3, 0.4) is 0 Å². The van der Waals surface area contributed by atoms with Crippen LogP contribution < -0.4 is 5.32 Å². The smallest absolute Gasteiger partial charge is 0.272 e. The highest BCUT2D eigenvalue weighted by molar-refractivity contribution is 5.93. The third-order valence-corrected chi connectivity index (χ3v) is 6.03. The quantitative estimate of drug-likeness (QED) is 0.612. The second-order valence-corrected chi connectivity index (χ2v) is 9.18. The second-order valence-electron chi connectivity index (χ2n) is 9.18. The van der Waals surface area contributed by atoms with Gasteiger partial charge in [0.15, 0.2) is 5.69 Å². The number of carbonyl (C=O) groups excluding carboxylic acids is 1. The Morgan fingerprint density at radius 2 is 1.87 bits per heavy atom. The van der Waals surface area contributed by atoms with Crippen molar-refractivity contribution in [3.63, 3.8) is 0 Å². The van der Waals surface area contributed by atoms with E-state index in [1.165, 1.54) is 16.7 Å². The molecular formula is C26H31N3O. The van der Waals surface area contributed by atoms with Gasteiger partial charge in [0, 0.05) is 6.54 Å². The number of nitrogens with zero attached hydrogens (tertiary/aromatic N) is 2. The summed E-state index contributed by atoms with van der Waals surface area (Å²) in [4.78, 5) is 13.0. The molecule has 4 rings (SSSR count).